The number of alkyl halides is 3. The van der Waals surface area contributed by atoms with E-state index in [-0.39, 0.29) is 11.3 Å². The van der Waals surface area contributed by atoms with Crippen LogP contribution in [0, 0.1) is 0 Å². The Balaban J connectivity index is 2.00. The summed E-state index contributed by atoms with van der Waals surface area (Å²) in [6.45, 7) is 0. The molecule has 1 atom stereocenters. The minimum Gasteiger partial charge on any atom is -0.383 e. The maximum Gasteiger partial charge on any atom is 0.415 e. The predicted octanol–water partition coefficient (Wildman–Crippen LogP) is 1.91. The van der Waals surface area contributed by atoms with Crippen LogP contribution in [0.1, 0.15) is 5.69 Å². The molecule has 9 heteroatoms. The summed E-state index contributed by atoms with van der Waals surface area (Å²) in [5, 5.41) is 10.5. The van der Waals surface area contributed by atoms with E-state index in [0.29, 0.717) is 10.7 Å². The quantitative estimate of drug-likeness (QED) is 0.937. The molecule has 1 N–H and O–H groups in total. The Labute approximate surface area is 113 Å². The molecule has 0 unspecified atom stereocenters. The van der Waals surface area contributed by atoms with E-state index >= 15 is 0 Å². The molecular weight excluding hydrogens is 301 g/mol. The van der Waals surface area contributed by atoms with E-state index in [1.165, 1.54) is 21.8 Å². The summed E-state index contributed by atoms with van der Waals surface area (Å²) >= 11 is 2.16. The Morgan fingerprint density at radius 3 is 2.95 bits per heavy atom. The third kappa shape index (κ3) is 3.48. The predicted molar refractivity (Wildman–Crippen MR) is 67.6 cm³/mol. The van der Waals surface area contributed by atoms with Gasteiger partial charge in [-0.2, -0.15) is 24.9 Å². The zero-order chi connectivity index (χ0) is 14.0. The van der Waals surface area contributed by atoms with Gasteiger partial charge in [0.05, 0.1) is 5.69 Å². The fourth-order valence-electron chi connectivity index (χ4n) is 1.33. The molecule has 0 amide bonds. The van der Waals surface area contributed by atoms with Crippen molar-refractivity contribution in [1.82, 2.24) is 9.38 Å². The third-order valence-corrected chi connectivity index (χ3v) is 4.07. The lowest BCUT2D eigenvalue weighted by molar-refractivity contribution is -0.195. The van der Waals surface area contributed by atoms with Crippen LogP contribution in [0.4, 0.5) is 13.2 Å². The Bertz CT molecular complexity index is 623. The van der Waals surface area contributed by atoms with Crippen molar-refractivity contribution in [2.24, 2.45) is 0 Å². The largest absolute Gasteiger partial charge is 0.415 e. The highest BCUT2D eigenvalue weighted by Crippen LogP contribution is 2.24. The first-order valence-corrected chi connectivity index (χ1v) is 7.19. The first-order chi connectivity index (χ1) is 8.88. The summed E-state index contributed by atoms with van der Waals surface area (Å²) in [5.41, 5.74) is 0.144. The maximum absolute atomic E-state index is 12.1. The summed E-state index contributed by atoms with van der Waals surface area (Å²) in [4.78, 5) is 16.3. The zero-order valence-electron chi connectivity index (χ0n) is 9.42. The molecule has 0 aliphatic rings. The second-order valence-corrected chi connectivity index (χ2v) is 5.62. The van der Waals surface area contributed by atoms with E-state index in [1.54, 1.807) is 11.6 Å². The lowest BCUT2D eigenvalue weighted by atomic mass is 10.4. The van der Waals surface area contributed by atoms with Crippen molar-refractivity contribution in [3.05, 3.63) is 33.7 Å². The molecular formula is C10H9F3N2O2S2. The standard InChI is InChI=1S/C10H9F3N2O2S2/c11-10(12,13)7(16)5-18-4-6-3-8(17)15-1-2-19-9(15)14-6/h1-3,7,16H,4-5H2/t7-/m1/s1. The second-order valence-electron chi connectivity index (χ2n) is 3.71. The van der Waals surface area contributed by atoms with Crippen LogP contribution in [0.2, 0.25) is 0 Å². The van der Waals surface area contributed by atoms with Gasteiger partial charge in [0.2, 0.25) is 0 Å². The van der Waals surface area contributed by atoms with E-state index in [9.17, 15) is 18.0 Å². The number of thioether (sulfide) groups is 1. The molecule has 2 aromatic rings. The highest BCUT2D eigenvalue weighted by Gasteiger charge is 2.37. The average Bonchev–Trinajstić information content (AvgIpc) is 2.76. The topological polar surface area (TPSA) is 54.6 Å². The monoisotopic (exact) mass is 310 g/mol. The number of rotatable bonds is 4. The van der Waals surface area contributed by atoms with Crippen LogP contribution < -0.4 is 5.56 Å². The van der Waals surface area contributed by atoms with Crippen molar-refractivity contribution >= 4 is 28.1 Å². The van der Waals surface area contributed by atoms with Crippen LogP contribution in [0.3, 0.4) is 0 Å². The van der Waals surface area contributed by atoms with Crippen LogP contribution in [-0.4, -0.2) is 32.5 Å². The van der Waals surface area contributed by atoms with Gasteiger partial charge in [0.1, 0.15) is 0 Å². The minimum absolute atomic E-state index is 0.150. The summed E-state index contributed by atoms with van der Waals surface area (Å²) < 4.78 is 37.6. The molecule has 0 radical (unpaired) electrons. The molecule has 0 spiro atoms. The van der Waals surface area contributed by atoms with Gasteiger partial charge in [-0.15, -0.1) is 11.3 Å². The first kappa shape index (κ1) is 14.4. The SMILES string of the molecule is O=c1cc(CSC[C@@H](O)C(F)(F)F)nc2sccn12. The van der Waals surface area contributed by atoms with E-state index < -0.39 is 18.0 Å². The second kappa shape index (κ2) is 5.51. The van der Waals surface area contributed by atoms with Crippen molar-refractivity contribution in [3.8, 4) is 0 Å². The number of aliphatic hydroxyl groups excluding tert-OH is 1. The number of aromatic nitrogens is 2. The molecule has 0 saturated carbocycles. The van der Waals surface area contributed by atoms with Crippen LogP contribution in [0.5, 0.6) is 0 Å². The number of halogens is 3. The van der Waals surface area contributed by atoms with Crippen LogP contribution in [-0.2, 0) is 5.75 Å². The molecule has 0 fully saturated rings. The number of aliphatic hydroxyl groups is 1. The molecule has 104 valence electrons. The van der Waals surface area contributed by atoms with Crippen LogP contribution >= 0.6 is 23.1 Å². The van der Waals surface area contributed by atoms with Gasteiger partial charge in [0.15, 0.2) is 11.1 Å². The summed E-state index contributed by atoms with van der Waals surface area (Å²) in [6.07, 6.45) is -5.39. The van der Waals surface area contributed by atoms with Crippen molar-refractivity contribution in [2.75, 3.05) is 5.75 Å². The van der Waals surface area contributed by atoms with Gasteiger partial charge in [-0.1, -0.05) is 0 Å². The van der Waals surface area contributed by atoms with Gasteiger partial charge in [-0.3, -0.25) is 9.20 Å². The van der Waals surface area contributed by atoms with Crippen molar-refractivity contribution in [1.29, 1.82) is 0 Å². The highest BCUT2D eigenvalue weighted by atomic mass is 32.2. The van der Waals surface area contributed by atoms with E-state index in [4.69, 9.17) is 5.11 Å². The minimum atomic E-state index is -4.61. The molecule has 4 nitrogen and oxygen atoms in total. The van der Waals surface area contributed by atoms with E-state index in [2.05, 4.69) is 4.98 Å². The van der Waals surface area contributed by atoms with E-state index in [1.807, 2.05) is 0 Å². The highest BCUT2D eigenvalue weighted by molar-refractivity contribution is 7.98. The van der Waals surface area contributed by atoms with Crippen molar-refractivity contribution < 1.29 is 18.3 Å². The van der Waals surface area contributed by atoms with E-state index in [0.717, 1.165) is 11.8 Å². The Hall–Kier alpha value is -1.06. The zero-order valence-corrected chi connectivity index (χ0v) is 11.1. The van der Waals surface area contributed by atoms with Crippen LogP contribution in [0.25, 0.3) is 4.96 Å². The molecule has 2 aromatic heterocycles. The maximum atomic E-state index is 12.1. The molecule has 0 aromatic carbocycles. The van der Waals surface area contributed by atoms with Crippen molar-refractivity contribution in [3.63, 3.8) is 0 Å². The molecule has 0 saturated heterocycles. The molecule has 0 bridgehead atoms. The van der Waals surface area contributed by atoms with Gasteiger partial charge >= 0.3 is 6.18 Å². The molecule has 19 heavy (non-hydrogen) atoms. The lowest BCUT2D eigenvalue weighted by Crippen LogP contribution is -2.30. The average molecular weight is 310 g/mol. The fourth-order valence-corrected chi connectivity index (χ4v) is 2.96. The molecule has 2 rings (SSSR count). The Morgan fingerprint density at radius 1 is 1.53 bits per heavy atom. The van der Waals surface area contributed by atoms with Gasteiger partial charge < -0.3 is 5.11 Å². The van der Waals surface area contributed by atoms with Crippen molar-refractivity contribution in [2.45, 2.75) is 18.0 Å². The van der Waals surface area contributed by atoms with Gasteiger partial charge in [0.25, 0.3) is 5.56 Å². The van der Waals surface area contributed by atoms with Gasteiger partial charge in [-0.05, 0) is 0 Å². The number of nitrogens with zero attached hydrogens (tertiary/aromatic N) is 2. The number of hydrogen-bond acceptors (Lipinski definition) is 5. The Morgan fingerprint density at radius 2 is 2.26 bits per heavy atom. The fraction of sp³-hybridized carbons (Fsp3) is 0.400. The van der Waals surface area contributed by atoms with Gasteiger partial charge in [-0.25, -0.2) is 4.98 Å². The number of hydrogen-bond donors (Lipinski definition) is 1. The Kier molecular flexibility index (Phi) is 4.16. The van der Waals surface area contributed by atoms with Crippen LogP contribution in [0.15, 0.2) is 22.4 Å². The first-order valence-electron chi connectivity index (χ1n) is 5.16. The number of fused-ring (bicyclic) bond motifs is 1. The smallest absolute Gasteiger partial charge is 0.383 e. The third-order valence-electron chi connectivity index (χ3n) is 2.26. The lowest BCUT2D eigenvalue weighted by Gasteiger charge is -2.13. The van der Waals surface area contributed by atoms with Gasteiger partial charge in [0, 0.05) is 29.1 Å². The molecule has 2 heterocycles. The summed E-state index contributed by atoms with van der Waals surface area (Å²) in [5.74, 6) is -0.328. The number of thiazole rings is 1. The molecule has 0 aliphatic carbocycles. The normalized spacial score (nSPS) is 13.9. The summed E-state index contributed by atoms with van der Waals surface area (Å²) in [6, 6.07) is 1.28. The molecule has 0 aliphatic heterocycles. The summed E-state index contributed by atoms with van der Waals surface area (Å²) in [7, 11) is 0.